The zero-order valence-corrected chi connectivity index (χ0v) is 10.1. The Labute approximate surface area is 105 Å². The zero-order valence-electron chi connectivity index (χ0n) is 10.1. The summed E-state index contributed by atoms with van der Waals surface area (Å²) in [5.41, 5.74) is -0.847. The van der Waals surface area contributed by atoms with E-state index in [2.05, 4.69) is 10.6 Å². The predicted octanol–water partition coefficient (Wildman–Crippen LogP) is 0.620. The van der Waals surface area contributed by atoms with Gasteiger partial charge in [0.25, 0.3) is 0 Å². The van der Waals surface area contributed by atoms with E-state index >= 15 is 0 Å². The minimum Gasteiger partial charge on any atom is -0.467 e. The van der Waals surface area contributed by atoms with Gasteiger partial charge in [-0.25, -0.2) is 4.79 Å². The summed E-state index contributed by atoms with van der Waals surface area (Å²) in [4.78, 5) is 11.5. The third-order valence-corrected chi connectivity index (χ3v) is 3.00. The smallest absolute Gasteiger partial charge is 0.315 e. The van der Waals surface area contributed by atoms with E-state index in [1.54, 1.807) is 18.4 Å². The Morgan fingerprint density at radius 3 is 2.83 bits per heavy atom. The van der Waals surface area contributed by atoms with Gasteiger partial charge in [-0.15, -0.1) is 0 Å². The van der Waals surface area contributed by atoms with Crippen LogP contribution in [0.4, 0.5) is 4.79 Å². The van der Waals surface area contributed by atoms with Crippen LogP contribution in [0.1, 0.15) is 18.6 Å². The molecule has 1 aromatic heterocycles. The molecule has 0 aliphatic carbocycles. The molecule has 0 saturated carbocycles. The van der Waals surface area contributed by atoms with Gasteiger partial charge in [0, 0.05) is 32.6 Å². The van der Waals surface area contributed by atoms with E-state index in [0.29, 0.717) is 38.4 Å². The van der Waals surface area contributed by atoms with Crippen molar-refractivity contribution in [2.24, 2.45) is 0 Å². The minimum atomic E-state index is -0.847. The number of hydrogen-bond donors (Lipinski definition) is 3. The monoisotopic (exact) mass is 254 g/mol. The Morgan fingerprint density at radius 1 is 1.39 bits per heavy atom. The summed E-state index contributed by atoms with van der Waals surface area (Å²) in [5, 5.41) is 15.4. The Morgan fingerprint density at radius 2 is 2.17 bits per heavy atom. The molecule has 2 rings (SSSR count). The van der Waals surface area contributed by atoms with Crippen LogP contribution in [0.2, 0.25) is 0 Å². The first-order valence-corrected chi connectivity index (χ1v) is 6.02. The molecule has 2 heterocycles. The molecule has 2 amide bonds. The van der Waals surface area contributed by atoms with E-state index in [1.165, 1.54) is 0 Å². The van der Waals surface area contributed by atoms with Crippen molar-refractivity contribution in [1.29, 1.82) is 0 Å². The number of rotatable bonds is 4. The second-order valence-corrected chi connectivity index (χ2v) is 4.45. The van der Waals surface area contributed by atoms with Gasteiger partial charge in [-0.2, -0.15) is 0 Å². The molecule has 6 heteroatoms. The van der Waals surface area contributed by atoms with E-state index in [0.717, 1.165) is 0 Å². The number of aliphatic hydroxyl groups is 1. The number of carbonyl (C=O) groups excluding carboxylic acids is 1. The largest absolute Gasteiger partial charge is 0.467 e. The first kappa shape index (κ1) is 12.9. The van der Waals surface area contributed by atoms with E-state index in [4.69, 9.17) is 9.15 Å². The fourth-order valence-corrected chi connectivity index (χ4v) is 1.82. The van der Waals surface area contributed by atoms with Gasteiger partial charge in [0.15, 0.2) is 0 Å². The highest BCUT2D eigenvalue weighted by Gasteiger charge is 2.29. The fraction of sp³-hybridized carbons (Fsp3) is 0.583. The lowest BCUT2D eigenvalue weighted by Gasteiger charge is -2.31. The van der Waals surface area contributed by atoms with Crippen LogP contribution in [0.5, 0.6) is 0 Å². The molecule has 0 atom stereocenters. The topological polar surface area (TPSA) is 83.7 Å². The normalized spacial score (nSPS) is 18.3. The van der Waals surface area contributed by atoms with Crippen LogP contribution in [0, 0.1) is 0 Å². The Bertz CT molecular complexity index is 371. The average molecular weight is 254 g/mol. The molecule has 1 fully saturated rings. The van der Waals surface area contributed by atoms with Crippen LogP contribution in [-0.2, 0) is 11.3 Å². The fourth-order valence-electron chi connectivity index (χ4n) is 1.82. The highest BCUT2D eigenvalue weighted by Crippen LogP contribution is 2.19. The van der Waals surface area contributed by atoms with Gasteiger partial charge in [-0.1, -0.05) is 0 Å². The van der Waals surface area contributed by atoms with Crippen molar-refractivity contribution >= 4 is 6.03 Å². The van der Waals surface area contributed by atoms with E-state index < -0.39 is 5.60 Å². The van der Waals surface area contributed by atoms with E-state index in [-0.39, 0.29) is 12.6 Å². The molecular weight excluding hydrogens is 236 g/mol. The Kier molecular flexibility index (Phi) is 4.22. The summed E-state index contributed by atoms with van der Waals surface area (Å²) in [6.07, 6.45) is 2.65. The quantitative estimate of drug-likeness (QED) is 0.735. The summed E-state index contributed by atoms with van der Waals surface area (Å²) < 4.78 is 10.3. The molecule has 1 aliphatic heterocycles. The lowest BCUT2D eigenvalue weighted by Crippen LogP contribution is -2.48. The van der Waals surface area contributed by atoms with E-state index in [9.17, 15) is 9.90 Å². The molecule has 6 nitrogen and oxygen atoms in total. The van der Waals surface area contributed by atoms with Crippen LogP contribution >= 0.6 is 0 Å². The van der Waals surface area contributed by atoms with Gasteiger partial charge < -0.3 is 24.9 Å². The number of amides is 2. The summed E-state index contributed by atoms with van der Waals surface area (Å²) in [6, 6.07) is 3.23. The molecule has 1 saturated heterocycles. The molecule has 1 aliphatic rings. The van der Waals surface area contributed by atoms with Crippen molar-refractivity contribution in [3.05, 3.63) is 24.2 Å². The molecule has 0 radical (unpaired) electrons. The molecule has 1 aromatic rings. The Hall–Kier alpha value is -1.53. The average Bonchev–Trinajstić information content (AvgIpc) is 2.88. The maximum Gasteiger partial charge on any atom is 0.315 e. The highest BCUT2D eigenvalue weighted by molar-refractivity contribution is 5.73. The number of urea groups is 1. The second-order valence-electron chi connectivity index (χ2n) is 4.45. The summed E-state index contributed by atoms with van der Waals surface area (Å²) in [5.74, 6) is 0.690. The minimum absolute atomic E-state index is 0.236. The first-order chi connectivity index (χ1) is 8.68. The Balaban J connectivity index is 1.68. The number of ether oxygens (including phenoxy) is 1. The summed E-state index contributed by atoms with van der Waals surface area (Å²) in [7, 11) is 0. The van der Waals surface area contributed by atoms with Crippen molar-refractivity contribution in [1.82, 2.24) is 10.6 Å². The molecule has 0 spiro atoms. The number of carbonyl (C=O) groups is 1. The van der Waals surface area contributed by atoms with Crippen LogP contribution < -0.4 is 10.6 Å². The third-order valence-electron chi connectivity index (χ3n) is 3.00. The van der Waals surface area contributed by atoms with Crippen molar-refractivity contribution in [3.8, 4) is 0 Å². The van der Waals surface area contributed by atoms with Gasteiger partial charge in [0.1, 0.15) is 5.76 Å². The molecular formula is C12H18N2O4. The van der Waals surface area contributed by atoms with Gasteiger partial charge >= 0.3 is 6.03 Å². The van der Waals surface area contributed by atoms with Gasteiger partial charge in [0.05, 0.1) is 18.4 Å². The van der Waals surface area contributed by atoms with Gasteiger partial charge in [0.2, 0.25) is 0 Å². The van der Waals surface area contributed by atoms with E-state index in [1.807, 2.05) is 0 Å². The number of hydrogen-bond acceptors (Lipinski definition) is 4. The highest BCUT2D eigenvalue weighted by atomic mass is 16.5. The predicted molar refractivity (Wildman–Crippen MR) is 63.9 cm³/mol. The van der Waals surface area contributed by atoms with Crippen molar-refractivity contribution in [2.75, 3.05) is 19.8 Å². The summed E-state index contributed by atoms with van der Waals surface area (Å²) in [6.45, 7) is 1.64. The lowest BCUT2D eigenvalue weighted by molar-refractivity contribution is -0.0600. The number of furan rings is 1. The second kappa shape index (κ2) is 5.88. The zero-order chi connectivity index (χ0) is 12.8. The van der Waals surface area contributed by atoms with Crippen molar-refractivity contribution in [3.63, 3.8) is 0 Å². The molecule has 0 bridgehead atoms. The molecule has 18 heavy (non-hydrogen) atoms. The summed E-state index contributed by atoms with van der Waals surface area (Å²) >= 11 is 0. The lowest BCUT2D eigenvalue weighted by atomic mass is 9.94. The van der Waals surface area contributed by atoms with Crippen LogP contribution in [-0.4, -0.2) is 36.5 Å². The van der Waals surface area contributed by atoms with Gasteiger partial charge in [-0.05, 0) is 12.1 Å². The standard InChI is InChI=1S/C12H18N2O4/c15-11(13-8-10-2-1-5-18-10)14-9-12(16)3-6-17-7-4-12/h1-2,5,16H,3-4,6-9H2,(H2,13,14,15). The molecule has 100 valence electrons. The number of nitrogens with one attached hydrogen (secondary N) is 2. The van der Waals surface area contributed by atoms with Crippen LogP contribution in [0.25, 0.3) is 0 Å². The third kappa shape index (κ3) is 3.75. The first-order valence-electron chi connectivity index (χ1n) is 6.02. The van der Waals surface area contributed by atoms with Crippen molar-refractivity contribution in [2.45, 2.75) is 25.0 Å². The maximum atomic E-state index is 11.5. The van der Waals surface area contributed by atoms with Gasteiger partial charge in [-0.3, -0.25) is 0 Å². The SMILES string of the molecule is O=C(NCc1ccco1)NCC1(O)CCOCC1. The van der Waals surface area contributed by atoms with Crippen molar-refractivity contribution < 1.29 is 19.1 Å². The molecule has 0 unspecified atom stereocenters. The molecule has 0 aromatic carbocycles. The molecule has 3 N–H and O–H groups in total. The maximum absolute atomic E-state index is 11.5. The van der Waals surface area contributed by atoms with Crippen LogP contribution in [0.3, 0.4) is 0 Å². The van der Waals surface area contributed by atoms with Crippen LogP contribution in [0.15, 0.2) is 22.8 Å².